The lowest BCUT2D eigenvalue weighted by Crippen LogP contribution is -2.58. The normalized spacial score (nSPS) is 25.6. The van der Waals surface area contributed by atoms with Crippen LogP contribution in [0.25, 0.3) is 0 Å². The molecule has 39 heavy (non-hydrogen) atoms. The van der Waals surface area contributed by atoms with Crippen LogP contribution in [-0.4, -0.2) is 97.9 Å². The standard InChI is InChI=1S/C28H43N5O5S/c1-19(29-2)26(34)30-24(21-13-9-6-10-14-21)28(36)32-16-15-23-25(32)22(18-33(23)39(4,37)38)27(35)31(3)17-20-11-7-5-8-12-20/h5,7-8,11-12,19,21-25,29H,6,9-10,13-18H2,1-4H3,(H,30,34)/t19-,22+,23-,24+,25-/m1/s1. The molecule has 10 nitrogen and oxygen atoms in total. The summed E-state index contributed by atoms with van der Waals surface area (Å²) < 4.78 is 26.9. The molecule has 1 saturated carbocycles. The monoisotopic (exact) mass is 561 g/mol. The van der Waals surface area contributed by atoms with Crippen molar-refractivity contribution < 1.29 is 22.8 Å². The van der Waals surface area contributed by atoms with Crippen molar-refractivity contribution in [3.8, 4) is 0 Å². The van der Waals surface area contributed by atoms with E-state index in [1.165, 1.54) is 10.6 Å². The summed E-state index contributed by atoms with van der Waals surface area (Å²) in [5.74, 6) is -1.28. The minimum atomic E-state index is -3.58. The van der Waals surface area contributed by atoms with Gasteiger partial charge >= 0.3 is 0 Å². The second-order valence-corrected chi connectivity index (χ2v) is 13.3. The van der Waals surface area contributed by atoms with Crippen molar-refractivity contribution >= 4 is 27.7 Å². The number of hydrogen-bond donors (Lipinski definition) is 2. The zero-order valence-electron chi connectivity index (χ0n) is 23.5. The number of likely N-dealkylation sites (N-methyl/N-ethyl adjacent to an activating group) is 1. The van der Waals surface area contributed by atoms with E-state index in [9.17, 15) is 22.8 Å². The SMILES string of the molecule is CN[C@H](C)C(=O)N[C@H](C(=O)N1CC[C@@H]2[C@H]1[C@@H](C(=O)N(C)Cc1ccccc1)CN2S(C)(=O)=O)C1CCCCC1. The number of nitrogens with one attached hydrogen (secondary N) is 2. The van der Waals surface area contributed by atoms with Crippen LogP contribution < -0.4 is 10.6 Å². The fourth-order valence-corrected chi connectivity index (χ4v) is 7.71. The van der Waals surface area contributed by atoms with Gasteiger partial charge in [0.2, 0.25) is 27.7 Å². The Kier molecular flexibility index (Phi) is 9.33. The van der Waals surface area contributed by atoms with E-state index in [1.807, 2.05) is 30.3 Å². The number of likely N-dealkylation sites (tertiary alicyclic amines) is 1. The maximum Gasteiger partial charge on any atom is 0.245 e. The van der Waals surface area contributed by atoms with Gasteiger partial charge in [0.15, 0.2) is 0 Å². The Morgan fingerprint density at radius 3 is 2.36 bits per heavy atom. The second kappa shape index (κ2) is 12.3. The fourth-order valence-electron chi connectivity index (χ4n) is 6.55. The second-order valence-electron chi connectivity index (χ2n) is 11.4. The summed E-state index contributed by atoms with van der Waals surface area (Å²) in [6.45, 7) is 2.55. The summed E-state index contributed by atoms with van der Waals surface area (Å²) in [7, 11) is -0.162. The largest absolute Gasteiger partial charge is 0.343 e. The molecule has 0 aromatic heterocycles. The van der Waals surface area contributed by atoms with Crippen molar-refractivity contribution in [3.63, 3.8) is 0 Å². The van der Waals surface area contributed by atoms with Crippen molar-refractivity contribution in [3.05, 3.63) is 35.9 Å². The molecule has 0 radical (unpaired) electrons. The van der Waals surface area contributed by atoms with Gasteiger partial charge in [-0.05, 0) is 44.7 Å². The Labute approximate surface area is 232 Å². The Balaban J connectivity index is 1.61. The first-order chi connectivity index (χ1) is 18.5. The van der Waals surface area contributed by atoms with Gasteiger partial charge in [0.05, 0.1) is 24.3 Å². The topological polar surface area (TPSA) is 119 Å². The van der Waals surface area contributed by atoms with Crippen molar-refractivity contribution in [2.45, 2.75) is 76.2 Å². The molecular weight excluding hydrogens is 518 g/mol. The molecule has 3 aliphatic rings. The van der Waals surface area contributed by atoms with E-state index in [0.29, 0.717) is 19.5 Å². The van der Waals surface area contributed by atoms with Gasteiger partial charge in [-0.3, -0.25) is 14.4 Å². The number of fused-ring (bicyclic) bond motifs is 1. The molecule has 11 heteroatoms. The van der Waals surface area contributed by atoms with E-state index in [4.69, 9.17) is 0 Å². The zero-order valence-corrected chi connectivity index (χ0v) is 24.3. The molecule has 3 fully saturated rings. The lowest BCUT2D eigenvalue weighted by molar-refractivity contribution is -0.143. The molecule has 1 aromatic rings. The Morgan fingerprint density at radius 2 is 1.74 bits per heavy atom. The van der Waals surface area contributed by atoms with E-state index in [0.717, 1.165) is 37.7 Å². The number of amides is 3. The number of carbonyl (C=O) groups is 3. The smallest absolute Gasteiger partial charge is 0.245 e. The number of hydrogen-bond acceptors (Lipinski definition) is 6. The summed E-state index contributed by atoms with van der Waals surface area (Å²) in [5, 5.41) is 5.95. The highest BCUT2D eigenvalue weighted by Gasteiger charge is 2.56. The molecule has 1 aliphatic carbocycles. The first-order valence-corrected chi connectivity index (χ1v) is 15.9. The van der Waals surface area contributed by atoms with Crippen LogP contribution in [0.2, 0.25) is 0 Å². The van der Waals surface area contributed by atoms with Crippen molar-refractivity contribution in [1.82, 2.24) is 24.7 Å². The van der Waals surface area contributed by atoms with E-state index < -0.39 is 40.1 Å². The van der Waals surface area contributed by atoms with E-state index in [2.05, 4.69) is 10.6 Å². The van der Waals surface area contributed by atoms with Gasteiger partial charge in [0, 0.05) is 32.7 Å². The molecule has 2 N–H and O–H groups in total. The third kappa shape index (κ3) is 6.47. The van der Waals surface area contributed by atoms with E-state index in [1.54, 1.807) is 30.8 Å². The number of rotatable bonds is 9. The van der Waals surface area contributed by atoms with Crippen LogP contribution >= 0.6 is 0 Å². The molecule has 2 heterocycles. The molecular formula is C28H43N5O5S. The third-order valence-electron chi connectivity index (χ3n) is 8.76. The van der Waals surface area contributed by atoms with Crippen LogP contribution in [0.15, 0.2) is 30.3 Å². The van der Waals surface area contributed by atoms with E-state index in [-0.39, 0.29) is 30.2 Å². The fraction of sp³-hybridized carbons (Fsp3) is 0.679. The summed E-state index contributed by atoms with van der Waals surface area (Å²) >= 11 is 0. The van der Waals surface area contributed by atoms with Crippen LogP contribution in [0.4, 0.5) is 0 Å². The van der Waals surface area contributed by atoms with Crippen LogP contribution in [0.5, 0.6) is 0 Å². The third-order valence-corrected chi connectivity index (χ3v) is 10.0. The quantitative estimate of drug-likeness (QED) is 0.467. The number of nitrogens with zero attached hydrogens (tertiary/aromatic N) is 3. The minimum Gasteiger partial charge on any atom is -0.343 e. The van der Waals surface area contributed by atoms with Gasteiger partial charge in [-0.1, -0.05) is 49.6 Å². The highest BCUT2D eigenvalue weighted by molar-refractivity contribution is 7.88. The summed E-state index contributed by atoms with van der Waals surface area (Å²) in [6.07, 6.45) is 6.46. The molecule has 1 aromatic carbocycles. The van der Waals surface area contributed by atoms with Crippen LogP contribution in [0.3, 0.4) is 0 Å². The average molecular weight is 562 g/mol. The molecule has 2 saturated heterocycles. The molecule has 3 amide bonds. The molecule has 0 spiro atoms. The maximum absolute atomic E-state index is 14.2. The van der Waals surface area contributed by atoms with Crippen LogP contribution in [0.1, 0.15) is 51.0 Å². The van der Waals surface area contributed by atoms with Gasteiger partial charge in [0.25, 0.3) is 0 Å². The predicted octanol–water partition coefficient (Wildman–Crippen LogP) is 1.18. The average Bonchev–Trinajstić information content (AvgIpc) is 3.52. The van der Waals surface area contributed by atoms with Crippen molar-refractivity contribution in [2.75, 3.05) is 33.4 Å². The highest BCUT2D eigenvalue weighted by atomic mass is 32.2. The predicted molar refractivity (Wildman–Crippen MR) is 149 cm³/mol. The lowest BCUT2D eigenvalue weighted by Gasteiger charge is -2.37. The molecule has 2 aliphatic heterocycles. The Hall–Kier alpha value is -2.50. The number of sulfonamides is 1. The van der Waals surface area contributed by atoms with E-state index >= 15 is 0 Å². The molecule has 216 valence electrons. The Morgan fingerprint density at radius 1 is 1.08 bits per heavy atom. The van der Waals surface area contributed by atoms with Gasteiger partial charge in [-0.25, -0.2) is 8.42 Å². The molecule has 4 rings (SSSR count). The number of benzene rings is 1. The minimum absolute atomic E-state index is 0.0145. The number of carbonyl (C=O) groups excluding carboxylic acids is 3. The lowest BCUT2D eigenvalue weighted by atomic mass is 9.83. The van der Waals surface area contributed by atoms with Crippen LogP contribution in [0, 0.1) is 11.8 Å². The highest BCUT2D eigenvalue weighted by Crippen LogP contribution is 2.39. The molecule has 0 bridgehead atoms. The molecule has 5 atom stereocenters. The summed E-state index contributed by atoms with van der Waals surface area (Å²) in [5.41, 5.74) is 0.973. The zero-order chi connectivity index (χ0) is 28.3. The van der Waals surface area contributed by atoms with Crippen LogP contribution in [-0.2, 0) is 31.0 Å². The van der Waals surface area contributed by atoms with Crippen molar-refractivity contribution in [1.29, 1.82) is 0 Å². The summed E-state index contributed by atoms with van der Waals surface area (Å²) in [4.78, 5) is 44.2. The van der Waals surface area contributed by atoms with Crippen molar-refractivity contribution in [2.24, 2.45) is 11.8 Å². The van der Waals surface area contributed by atoms with Gasteiger partial charge < -0.3 is 20.4 Å². The van der Waals surface area contributed by atoms with Gasteiger partial charge in [-0.15, -0.1) is 0 Å². The maximum atomic E-state index is 14.2. The van der Waals surface area contributed by atoms with Gasteiger partial charge in [0.1, 0.15) is 6.04 Å². The molecule has 0 unspecified atom stereocenters. The first kappa shape index (κ1) is 29.5. The van der Waals surface area contributed by atoms with Gasteiger partial charge in [-0.2, -0.15) is 4.31 Å². The first-order valence-electron chi connectivity index (χ1n) is 14.1. The Bertz CT molecular complexity index is 1140. The summed E-state index contributed by atoms with van der Waals surface area (Å²) in [6, 6.07) is 7.45.